The number of nitrogens with two attached hydrogens (primary N) is 1. The maximum Gasteiger partial charge on any atom is 0.142 e. The van der Waals surface area contributed by atoms with Crippen LogP contribution in [-0.2, 0) is 6.54 Å². The van der Waals surface area contributed by atoms with E-state index in [0.29, 0.717) is 6.54 Å². The van der Waals surface area contributed by atoms with Gasteiger partial charge >= 0.3 is 0 Å². The van der Waals surface area contributed by atoms with E-state index in [1.165, 1.54) is 12.1 Å². The monoisotopic (exact) mass is 268 g/mol. The molecule has 0 spiro atoms. The Bertz CT molecular complexity index is 541. The normalized spacial score (nSPS) is 12.7. The van der Waals surface area contributed by atoms with E-state index >= 15 is 0 Å². The number of halogens is 2. The molecule has 1 aromatic carbocycles. The van der Waals surface area contributed by atoms with Gasteiger partial charge in [0.15, 0.2) is 0 Å². The van der Waals surface area contributed by atoms with Gasteiger partial charge in [-0.2, -0.15) is 0 Å². The number of aromatic nitrogens is 3. The van der Waals surface area contributed by atoms with Crippen LogP contribution in [0.3, 0.4) is 0 Å². The van der Waals surface area contributed by atoms with E-state index in [1.54, 1.807) is 16.9 Å². The smallest absolute Gasteiger partial charge is 0.142 e. The molecule has 4 nitrogen and oxygen atoms in total. The van der Waals surface area contributed by atoms with Crippen LogP contribution < -0.4 is 5.73 Å². The second kappa shape index (κ2) is 5.46. The molecular formula is C12H14ClFN4. The quantitative estimate of drug-likeness (QED) is 0.927. The minimum Gasteiger partial charge on any atom is -0.323 e. The molecule has 1 unspecified atom stereocenters. The largest absolute Gasteiger partial charge is 0.323 e. The first kappa shape index (κ1) is 13.0. The third-order valence-electron chi connectivity index (χ3n) is 2.70. The highest BCUT2D eigenvalue weighted by molar-refractivity contribution is 6.30. The van der Waals surface area contributed by atoms with Crippen LogP contribution in [0.1, 0.15) is 30.6 Å². The summed E-state index contributed by atoms with van der Waals surface area (Å²) in [6.45, 7) is 2.43. The fourth-order valence-corrected chi connectivity index (χ4v) is 1.71. The summed E-state index contributed by atoms with van der Waals surface area (Å²) in [6, 6.07) is 4.57. The third-order valence-corrected chi connectivity index (χ3v) is 3.01. The predicted octanol–water partition coefficient (Wildman–Crippen LogP) is 2.53. The highest BCUT2D eigenvalue weighted by atomic mass is 35.5. The summed E-state index contributed by atoms with van der Waals surface area (Å²) < 4.78 is 14.9. The topological polar surface area (TPSA) is 56.7 Å². The van der Waals surface area contributed by atoms with Gasteiger partial charge in [-0.25, -0.2) is 9.07 Å². The van der Waals surface area contributed by atoms with Gasteiger partial charge in [-0.3, -0.25) is 0 Å². The zero-order valence-electron chi connectivity index (χ0n) is 9.98. The molecule has 2 aromatic rings. The zero-order chi connectivity index (χ0) is 13.1. The average molecular weight is 269 g/mol. The first-order chi connectivity index (χ1) is 8.60. The van der Waals surface area contributed by atoms with Gasteiger partial charge in [0.25, 0.3) is 0 Å². The van der Waals surface area contributed by atoms with Crippen LogP contribution in [-0.4, -0.2) is 15.0 Å². The molecule has 0 amide bonds. The Hall–Kier alpha value is -1.46. The lowest BCUT2D eigenvalue weighted by atomic mass is 10.2. The Morgan fingerprint density at radius 1 is 1.50 bits per heavy atom. The fourth-order valence-electron chi connectivity index (χ4n) is 1.59. The lowest BCUT2D eigenvalue weighted by Gasteiger charge is -2.03. The average Bonchev–Trinajstić information content (AvgIpc) is 2.81. The molecule has 0 saturated heterocycles. The molecule has 6 heteroatoms. The van der Waals surface area contributed by atoms with Crippen molar-refractivity contribution in [3.05, 3.63) is 46.5 Å². The van der Waals surface area contributed by atoms with Gasteiger partial charge in [-0.05, 0) is 24.1 Å². The Labute approximate surface area is 110 Å². The lowest BCUT2D eigenvalue weighted by Crippen LogP contribution is -2.08. The molecule has 0 aliphatic heterocycles. The number of nitrogens with zero attached hydrogens (tertiary/aromatic N) is 3. The number of hydrogen-bond acceptors (Lipinski definition) is 3. The molecule has 0 fully saturated rings. The van der Waals surface area contributed by atoms with Crippen molar-refractivity contribution >= 4 is 11.6 Å². The molecule has 0 aliphatic carbocycles. The van der Waals surface area contributed by atoms with Gasteiger partial charge in [0, 0.05) is 0 Å². The molecule has 1 heterocycles. The van der Waals surface area contributed by atoms with Crippen molar-refractivity contribution in [3.63, 3.8) is 0 Å². The Balaban J connectivity index is 2.13. The van der Waals surface area contributed by atoms with Crippen LogP contribution >= 0.6 is 11.6 Å². The molecule has 96 valence electrons. The molecule has 2 rings (SSSR count). The Morgan fingerprint density at radius 3 is 2.94 bits per heavy atom. The summed E-state index contributed by atoms with van der Waals surface area (Å²) >= 11 is 5.62. The first-order valence-corrected chi connectivity index (χ1v) is 6.07. The van der Waals surface area contributed by atoms with E-state index in [9.17, 15) is 4.39 Å². The highest BCUT2D eigenvalue weighted by Gasteiger charge is 2.09. The maximum atomic E-state index is 13.3. The number of benzene rings is 1. The van der Waals surface area contributed by atoms with Gasteiger partial charge < -0.3 is 5.73 Å². The number of hydrogen-bond donors (Lipinski definition) is 1. The van der Waals surface area contributed by atoms with Gasteiger partial charge in [-0.15, -0.1) is 5.10 Å². The minimum absolute atomic E-state index is 0.110. The SMILES string of the molecule is CCC(N)c1cn(Cc2ccc(Cl)c(F)c2)nn1. The standard InChI is InChI=1S/C12H14ClFN4/c1-2-11(15)12-7-18(17-16-12)6-8-3-4-9(13)10(14)5-8/h3-5,7,11H,2,6,15H2,1H3. The molecule has 1 aromatic heterocycles. The molecule has 1 atom stereocenters. The van der Waals surface area contributed by atoms with E-state index in [4.69, 9.17) is 17.3 Å². The molecule has 2 N–H and O–H groups in total. The van der Waals surface area contributed by atoms with Crippen molar-refractivity contribution in [2.24, 2.45) is 5.73 Å². The van der Waals surface area contributed by atoms with Crippen molar-refractivity contribution < 1.29 is 4.39 Å². The predicted molar refractivity (Wildman–Crippen MR) is 67.8 cm³/mol. The minimum atomic E-state index is -0.431. The molecule has 0 aliphatic rings. The molecule has 18 heavy (non-hydrogen) atoms. The Morgan fingerprint density at radius 2 is 2.28 bits per heavy atom. The Kier molecular flexibility index (Phi) is 3.93. The summed E-state index contributed by atoms with van der Waals surface area (Å²) in [5.74, 6) is -0.431. The van der Waals surface area contributed by atoms with Crippen molar-refractivity contribution in [1.29, 1.82) is 0 Å². The van der Waals surface area contributed by atoms with E-state index in [1.807, 2.05) is 6.92 Å². The summed E-state index contributed by atoms with van der Waals surface area (Å²) in [5.41, 5.74) is 7.37. The third kappa shape index (κ3) is 2.86. The second-order valence-electron chi connectivity index (χ2n) is 4.10. The molecular weight excluding hydrogens is 255 g/mol. The van der Waals surface area contributed by atoms with Gasteiger partial charge in [0.2, 0.25) is 0 Å². The van der Waals surface area contributed by atoms with E-state index in [0.717, 1.165) is 17.7 Å². The maximum absolute atomic E-state index is 13.3. The number of rotatable bonds is 4. The van der Waals surface area contributed by atoms with E-state index in [2.05, 4.69) is 10.3 Å². The van der Waals surface area contributed by atoms with Crippen molar-refractivity contribution in [1.82, 2.24) is 15.0 Å². The van der Waals surface area contributed by atoms with Crippen LogP contribution in [0.4, 0.5) is 4.39 Å². The lowest BCUT2D eigenvalue weighted by molar-refractivity contribution is 0.614. The molecule has 0 bridgehead atoms. The summed E-state index contributed by atoms with van der Waals surface area (Å²) in [7, 11) is 0. The van der Waals surface area contributed by atoms with Gasteiger partial charge in [0.05, 0.1) is 29.5 Å². The molecule has 0 radical (unpaired) electrons. The van der Waals surface area contributed by atoms with Crippen molar-refractivity contribution in [2.45, 2.75) is 25.9 Å². The fraction of sp³-hybridized carbons (Fsp3) is 0.333. The van der Waals surface area contributed by atoms with Crippen LogP contribution in [0.15, 0.2) is 24.4 Å². The summed E-state index contributed by atoms with van der Waals surface area (Å²) in [5, 5.41) is 8.07. The first-order valence-electron chi connectivity index (χ1n) is 5.69. The van der Waals surface area contributed by atoms with Gasteiger partial charge in [0.1, 0.15) is 5.82 Å². The van der Waals surface area contributed by atoms with Crippen molar-refractivity contribution in [2.75, 3.05) is 0 Å². The van der Waals surface area contributed by atoms with E-state index < -0.39 is 5.82 Å². The molecule has 0 saturated carbocycles. The van der Waals surface area contributed by atoms with Crippen LogP contribution in [0.25, 0.3) is 0 Å². The second-order valence-corrected chi connectivity index (χ2v) is 4.51. The van der Waals surface area contributed by atoms with Gasteiger partial charge in [-0.1, -0.05) is 29.8 Å². The van der Waals surface area contributed by atoms with Crippen LogP contribution in [0, 0.1) is 5.82 Å². The summed E-state index contributed by atoms with van der Waals surface area (Å²) in [6.07, 6.45) is 2.58. The zero-order valence-corrected chi connectivity index (χ0v) is 10.7. The van der Waals surface area contributed by atoms with Crippen LogP contribution in [0.2, 0.25) is 5.02 Å². The summed E-state index contributed by atoms with van der Waals surface area (Å²) in [4.78, 5) is 0. The van der Waals surface area contributed by atoms with E-state index in [-0.39, 0.29) is 11.1 Å². The van der Waals surface area contributed by atoms with Crippen molar-refractivity contribution in [3.8, 4) is 0 Å². The van der Waals surface area contributed by atoms with Crippen LogP contribution in [0.5, 0.6) is 0 Å². The highest BCUT2D eigenvalue weighted by Crippen LogP contribution is 2.16.